The Morgan fingerprint density at radius 3 is 1.22 bits per heavy atom. The van der Waals surface area contributed by atoms with Crippen molar-refractivity contribution in [3.05, 3.63) is 60.8 Å². The van der Waals surface area contributed by atoms with Gasteiger partial charge >= 0.3 is 19.8 Å². The summed E-state index contributed by atoms with van der Waals surface area (Å²) in [5, 5.41) is 0. The number of hydrogen-bond donors (Lipinski definition) is 2. The third-order valence-corrected chi connectivity index (χ3v) is 10.5. The van der Waals surface area contributed by atoms with Gasteiger partial charge in [0.1, 0.15) is 6.61 Å². The van der Waals surface area contributed by atoms with Crippen molar-refractivity contribution < 1.29 is 37.9 Å². The number of carbonyl (C=O) groups excluding carboxylic acids is 2. The van der Waals surface area contributed by atoms with E-state index in [1.165, 1.54) is 141 Å². The molecular formula is C49H87O8P. The van der Waals surface area contributed by atoms with Crippen LogP contribution in [-0.2, 0) is 28.2 Å². The molecule has 0 fully saturated rings. The average molecular weight is 835 g/mol. The Hall–Kier alpha value is -2.25. The number of rotatable bonds is 43. The van der Waals surface area contributed by atoms with Gasteiger partial charge in [0, 0.05) is 12.8 Å². The molecule has 0 aliphatic carbocycles. The van der Waals surface area contributed by atoms with Crippen LogP contribution in [0.3, 0.4) is 0 Å². The summed E-state index contributed by atoms with van der Waals surface area (Å²) in [7, 11) is -4.78. The monoisotopic (exact) mass is 835 g/mol. The van der Waals surface area contributed by atoms with Crippen molar-refractivity contribution in [1.82, 2.24) is 0 Å². The Morgan fingerprint density at radius 2 is 0.810 bits per heavy atom. The fraction of sp³-hybridized carbons (Fsp3) is 0.755. The molecule has 0 radical (unpaired) electrons. The summed E-state index contributed by atoms with van der Waals surface area (Å²) in [5.74, 6) is -0.975. The highest BCUT2D eigenvalue weighted by molar-refractivity contribution is 7.46. The first-order valence-corrected chi connectivity index (χ1v) is 25.1. The topological polar surface area (TPSA) is 119 Å². The van der Waals surface area contributed by atoms with Crippen molar-refractivity contribution in [3.8, 4) is 0 Å². The van der Waals surface area contributed by atoms with Gasteiger partial charge in [0.25, 0.3) is 0 Å². The fourth-order valence-corrected chi connectivity index (χ4v) is 6.89. The minimum absolute atomic E-state index is 0.0882. The molecule has 0 amide bonds. The van der Waals surface area contributed by atoms with Crippen LogP contribution < -0.4 is 0 Å². The number of hydrogen-bond acceptors (Lipinski definition) is 6. The molecule has 0 rings (SSSR count). The maximum atomic E-state index is 12.4. The number of esters is 2. The molecule has 0 aromatic rings. The van der Waals surface area contributed by atoms with Gasteiger partial charge in [-0.25, -0.2) is 4.57 Å². The van der Waals surface area contributed by atoms with E-state index in [1.807, 2.05) is 12.2 Å². The van der Waals surface area contributed by atoms with Gasteiger partial charge in [0.05, 0.1) is 6.61 Å². The van der Waals surface area contributed by atoms with E-state index in [9.17, 15) is 14.2 Å². The number of phosphoric acid groups is 1. The molecule has 0 unspecified atom stereocenters. The molecule has 8 nitrogen and oxygen atoms in total. The largest absolute Gasteiger partial charge is 0.469 e. The van der Waals surface area contributed by atoms with Gasteiger partial charge in [-0.3, -0.25) is 14.1 Å². The van der Waals surface area contributed by atoms with Gasteiger partial charge in [-0.2, -0.15) is 0 Å². The summed E-state index contributed by atoms with van der Waals surface area (Å²) in [6.45, 7) is 3.62. The van der Waals surface area contributed by atoms with Gasteiger partial charge in [-0.05, 0) is 51.4 Å². The van der Waals surface area contributed by atoms with E-state index in [0.29, 0.717) is 12.8 Å². The second-order valence-corrected chi connectivity index (χ2v) is 17.0. The SMILES string of the molecule is CCCCC/C=C\C/C=C\C/C=C\C/C=C\C/C=C\CCC(=O)O[C@H](COC(=O)CCCCCCCCCCCCCCCCCCCCCCC)COP(=O)(O)O. The van der Waals surface area contributed by atoms with Crippen molar-refractivity contribution in [2.24, 2.45) is 0 Å². The molecule has 9 heteroatoms. The molecule has 336 valence electrons. The van der Waals surface area contributed by atoms with E-state index in [0.717, 1.165) is 38.5 Å². The lowest BCUT2D eigenvalue weighted by molar-refractivity contribution is -0.161. The Balaban J connectivity index is 3.95. The Bertz CT molecular complexity index is 1120. The standard InChI is InChI=1S/C49H87O8P/c1-3-5-7-9-11-13-15-17-19-21-23-24-26-27-29-31-33-35-37-39-41-43-48(50)55-45-47(46-56-58(52,53)54)57-49(51)44-42-40-38-36-34-32-30-28-25-22-20-18-16-14-12-10-8-6-4-2/h12,14,18,20,25,28,32,34,38,40,47H,3-11,13,15-17,19,21-24,26-27,29-31,33,35-37,39,41-46H2,1-2H3,(H2,52,53,54)/b14-12-,20-18-,28-25-,34-32-,40-38-/t47-/m1/s1. The molecule has 0 aliphatic heterocycles. The van der Waals surface area contributed by atoms with Crippen LogP contribution in [0.5, 0.6) is 0 Å². The molecule has 0 aromatic heterocycles. The third kappa shape index (κ3) is 46.4. The summed E-state index contributed by atoms with van der Waals surface area (Å²) in [5.41, 5.74) is 0. The summed E-state index contributed by atoms with van der Waals surface area (Å²) >= 11 is 0. The lowest BCUT2D eigenvalue weighted by Gasteiger charge is -2.18. The smallest absolute Gasteiger partial charge is 0.462 e. The first-order chi connectivity index (χ1) is 28.3. The number of unbranched alkanes of at least 4 members (excludes halogenated alkanes) is 23. The summed E-state index contributed by atoms with van der Waals surface area (Å²) < 4.78 is 26.4. The van der Waals surface area contributed by atoms with Crippen molar-refractivity contribution in [2.75, 3.05) is 13.2 Å². The summed E-state index contributed by atoms with van der Waals surface area (Å²) in [6.07, 6.45) is 56.8. The van der Waals surface area contributed by atoms with Crippen LogP contribution in [0.1, 0.15) is 219 Å². The molecule has 1 atom stereocenters. The molecule has 0 saturated heterocycles. The zero-order valence-electron chi connectivity index (χ0n) is 37.2. The molecule has 2 N–H and O–H groups in total. The number of allylic oxidation sites excluding steroid dienone is 10. The molecule has 0 bridgehead atoms. The summed E-state index contributed by atoms with van der Waals surface area (Å²) in [4.78, 5) is 42.9. The van der Waals surface area contributed by atoms with Gasteiger partial charge in [0.15, 0.2) is 6.10 Å². The van der Waals surface area contributed by atoms with Crippen LogP contribution in [0.15, 0.2) is 60.8 Å². The zero-order valence-corrected chi connectivity index (χ0v) is 38.1. The van der Waals surface area contributed by atoms with E-state index in [2.05, 4.69) is 67.0 Å². The van der Waals surface area contributed by atoms with Gasteiger partial charge in [-0.15, -0.1) is 0 Å². The minimum Gasteiger partial charge on any atom is -0.462 e. The molecule has 0 heterocycles. The molecule has 0 aromatic carbocycles. The molecule has 0 saturated carbocycles. The van der Waals surface area contributed by atoms with Crippen molar-refractivity contribution in [2.45, 2.75) is 225 Å². The predicted molar refractivity (Wildman–Crippen MR) is 244 cm³/mol. The highest BCUT2D eigenvalue weighted by Crippen LogP contribution is 2.36. The van der Waals surface area contributed by atoms with E-state index >= 15 is 0 Å². The lowest BCUT2D eigenvalue weighted by Crippen LogP contribution is -2.29. The van der Waals surface area contributed by atoms with Crippen LogP contribution in [-0.4, -0.2) is 41.0 Å². The fourth-order valence-electron chi connectivity index (χ4n) is 6.53. The van der Waals surface area contributed by atoms with Crippen molar-refractivity contribution in [3.63, 3.8) is 0 Å². The van der Waals surface area contributed by atoms with Gasteiger partial charge < -0.3 is 19.3 Å². The zero-order chi connectivity index (χ0) is 42.5. The van der Waals surface area contributed by atoms with Crippen LogP contribution >= 0.6 is 7.82 Å². The average Bonchev–Trinajstić information content (AvgIpc) is 3.20. The molecule has 0 aliphatic rings. The maximum absolute atomic E-state index is 12.4. The quantitative estimate of drug-likeness (QED) is 0.0270. The van der Waals surface area contributed by atoms with Gasteiger partial charge in [-0.1, -0.05) is 216 Å². The third-order valence-electron chi connectivity index (χ3n) is 10.1. The first kappa shape index (κ1) is 55.8. The van der Waals surface area contributed by atoms with Crippen LogP contribution in [0.2, 0.25) is 0 Å². The minimum atomic E-state index is -4.78. The van der Waals surface area contributed by atoms with Crippen LogP contribution in [0, 0.1) is 0 Å². The molecular weight excluding hydrogens is 748 g/mol. The second kappa shape index (κ2) is 44.3. The predicted octanol–water partition coefficient (Wildman–Crippen LogP) is 14.9. The van der Waals surface area contributed by atoms with E-state index < -0.39 is 32.5 Å². The Labute approximate surface area is 356 Å². The number of phosphoric ester groups is 1. The molecule has 58 heavy (non-hydrogen) atoms. The van der Waals surface area contributed by atoms with Crippen LogP contribution in [0.25, 0.3) is 0 Å². The van der Waals surface area contributed by atoms with Crippen LogP contribution in [0.4, 0.5) is 0 Å². The molecule has 0 spiro atoms. The lowest BCUT2D eigenvalue weighted by atomic mass is 10.0. The van der Waals surface area contributed by atoms with Gasteiger partial charge in [0.2, 0.25) is 0 Å². The Morgan fingerprint density at radius 1 is 0.448 bits per heavy atom. The van der Waals surface area contributed by atoms with E-state index in [1.54, 1.807) is 0 Å². The van der Waals surface area contributed by atoms with Crippen molar-refractivity contribution >= 4 is 19.8 Å². The van der Waals surface area contributed by atoms with E-state index in [-0.39, 0.29) is 19.4 Å². The normalized spacial score (nSPS) is 13.0. The second-order valence-electron chi connectivity index (χ2n) is 15.7. The van der Waals surface area contributed by atoms with E-state index in [4.69, 9.17) is 19.3 Å². The van der Waals surface area contributed by atoms with Crippen molar-refractivity contribution in [1.29, 1.82) is 0 Å². The highest BCUT2D eigenvalue weighted by atomic mass is 31.2. The Kier molecular flexibility index (Phi) is 42.6. The first-order valence-electron chi connectivity index (χ1n) is 23.6. The number of carbonyl (C=O) groups is 2. The highest BCUT2D eigenvalue weighted by Gasteiger charge is 2.22. The number of ether oxygens (including phenoxy) is 2. The maximum Gasteiger partial charge on any atom is 0.469 e. The summed E-state index contributed by atoms with van der Waals surface area (Å²) in [6, 6.07) is 0.